The topological polar surface area (TPSA) is 176 Å². The zero-order valence-corrected chi connectivity index (χ0v) is 36.5. The van der Waals surface area contributed by atoms with Crippen molar-refractivity contribution in [2.75, 3.05) is 56.5 Å². The maximum absolute atomic E-state index is 13.2. The summed E-state index contributed by atoms with van der Waals surface area (Å²) < 4.78 is 29.4. The number of imide groups is 1. The van der Waals surface area contributed by atoms with Crippen LogP contribution < -0.4 is 36.2 Å². The Morgan fingerprint density at radius 2 is 1.66 bits per heavy atom. The lowest BCUT2D eigenvalue weighted by Gasteiger charge is -2.34. The molecule has 1 aromatic heterocycles. The van der Waals surface area contributed by atoms with Gasteiger partial charge in [0.15, 0.2) is 5.82 Å². The van der Waals surface area contributed by atoms with Crippen molar-refractivity contribution in [3.8, 4) is 5.75 Å². The summed E-state index contributed by atoms with van der Waals surface area (Å²) >= 11 is 6.47. The van der Waals surface area contributed by atoms with E-state index in [4.69, 9.17) is 25.4 Å². The van der Waals surface area contributed by atoms with Crippen LogP contribution in [-0.2, 0) is 36.2 Å². The van der Waals surface area contributed by atoms with Crippen LogP contribution in [0, 0.1) is 0 Å². The predicted molar refractivity (Wildman–Crippen MR) is 237 cm³/mol. The maximum Gasteiger partial charge on any atom is 0.362 e. The molecule has 1 unspecified atom stereocenters. The third-order valence-electron chi connectivity index (χ3n) is 11.6. The predicted octanol–water partition coefficient (Wildman–Crippen LogP) is 7.25. The molecule has 0 aliphatic carbocycles. The molecule has 7 rings (SSSR count). The van der Waals surface area contributed by atoms with Gasteiger partial charge in [-0.15, -0.1) is 0 Å². The van der Waals surface area contributed by atoms with Crippen LogP contribution in [0.1, 0.15) is 79.3 Å². The van der Waals surface area contributed by atoms with E-state index in [1.54, 1.807) is 36.3 Å². The fourth-order valence-corrected chi connectivity index (χ4v) is 9.62. The first-order valence-corrected chi connectivity index (χ1v) is 22.8. The highest BCUT2D eigenvalue weighted by Crippen LogP contribution is 2.47. The van der Waals surface area contributed by atoms with Crippen LogP contribution in [0.2, 0.25) is 5.02 Å². The van der Waals surface area contributed by atoms with Crippen LogP contribution in [0.3, 0.4) is 0 Å². The number of nitrogens with zero attached hydrogens (tertiary/aromatic N) is 4. The molecule has 4 N–H and O–H groups in total. The average molecular weight is 873 g/mol. The number of para-hydroxylation sites is 1. The molecule has 4 heterocycles. The summed E-state index contributed by atoms with van der Waals surface area (Å²) in [6.07, 6.45) is 11.0. The lowest BCUT2D eigenvalue weighted by atomic mass is 10.0. The zero-order valence-electron chi connectivity index (χ0n) is 34.9. The van der Waals surface area contributed by atoms with Gasteiger partial charge in [0.2, 0.25) is 17.8 Å². The number of ether oxygens (including phenoxy) is 1. The van der Waals surface area contributed by atoms with E-state index in [2.05, 4.69) is 48.3 Å². The van der Waals surface area contributed by atoms with Crippen molar-refractivity contribution in [1.29, 1.82) is 0 Å². The number of anilines is 5. The first-order valence-electron chi connectivity index (χ1n) is 20.9. The lowest BCUT2D eigenvalue weighted by Crippen LogP contribution is -2.52. The number of amides is 3. The van der Waals surface area contributed by atoms with Gasteiger partial charge in [0.25, 0.3) is 5.91 Å². The second kappa shape index (κ2) is 20.2. The Balaban J connectivity index is 0.811. The molecule has 61 heavy (non-hydrogen) atoms. The third-order valence-corrected chi connectivity index (χ3v) is 13.8. The van der Waals surface area contributed by atoms with Gasteiger partial charge in [-0.3, -0.25) is 24.3 Å². The number of halogens is 1. The van der Waals surface area contributed by atoms with Crippen LogP contribution in [0.15, 0.2) is 66.9 Å². The van der Waals surface area contributed by atoms with Crippen molar-refractivity contribution in [3.63, 3.8) is 0 Å². The molecule has 15 nitrogen and oxygen atoms in total. The quantitative estimate of drug-likeness (QED) is 0.0422. The minimum Gasteiger partial charge on any atom is -0.494 e. The number of hydrogen-bond acceptors (Lipinski definition) is 13. The summed E-state index contributed by atoms with van der Waals surface area (Å²) in [5, 5.41) is 13.2. The molecule has 3 aliphatic heterocycles. The van der Waals surface area contributed by atoms with Crippen LogP contribution in [0.5, 0.6) is 5.75 Å². The van der Waals surface area contributed by atoms with Gasteiger partial charge < -0.3 is 39.5 Å². The summed E-state index contributed by atoms with van der Waals surface area (Å²) in [6.45, 7) is 3.31. The van der Waals surface area contributed by atoms with E-state index >= 15 is 0 Å². The van der Waals surface area contributed by atoms with Gasteiger partial charge >= 0.3 is 7.60 Å². The Labute approximate surface area is 361 Å². The second-order valence-corrected chi connectivity index (χ2v) is 18.1. The van der Waals surface area contributed by atoms with E-state index in [1.807, 2.05) is 24.3 Å². The van der Waals surface area contributed by atoms with Crippen LogP contribution in [0.4, 0.5) is 28.8 Å². The Bertz CT molecular complexity index is 2260. The highest BCUT2D eigenvalue weighted by atomic mass is 35.5. The Morgan fingerprint density at radius 1 is 0.885 bits per heavy atom. The number of nitrogens with one attached hydrogen (secondary N) is 4. The summed E-state index contributed by atoms with van der Waals surface area (Å²) in [5.74, 6) is 0.476. The number of hydrogen-bond donors (Lipinski definition) is 4. The molecule has 3 amide bonds. The van der Waals surface area contributed by atoms with Crippen molar-refractivity contribution in [1.82, 2.24) is 25.5 Å². The van der Waals surface area contributed by atoms with Gasteiger partial charge in [-0.05, 0) is 86.5 Å². The second-order valence-electron chi connectivity index (χ2n) is 15.5. The smallest absolute Gasteiger partial charge is 0.362 e. The number of unbranched alkanes of at least 4 members (excludes halogenated alkanes) is 4. The highest BCUT2D eigenvalue weighted by molar-refractivity contribution is 7.62. The summed E-state index contributed by atoms with van der Waals surface area (Å²) in [5.41, 5.74) is 5.10. The number of piperidine rings is 2. The first-order chi connectivity index (χ1) is 29.6. The number of carbonyl (C=O) groups is 3. The maximum atomic E-state index is 13.2. The molecule has 3 aliphatic rings. The van der Waals surface area contributed by atoms with E-state index < -0.39 is 13.6 Å². The standard InChI is InChI=1S/C44H54ClN8O7P/c1-58-38-26-32(15-17-35(38)49-44-47-27-34(45)41(51-44)48-36-12-8-9-13-39(36)61(57,59-2)60-3)52-23-20-31(21-24-52)46-22-10-6-4-5-7-11-29-14-16-33-30(25-29)28-53(43(33)56)37-18-19-40(54)50-42(37)55/h8-9,12-17,25-27,31,37,46H,4-7,10-11,18-24,28H2,1-3H3,(H,50,54,55)(H2,47,48,49,51). The van der Waals surface area contributed by atoms with Crippen molar-refractivity contribution < 1.29 is 32.7 Å². The van der Waals surface area contributed by atoms with Crippen molar-refractivity contribution in [3.05, 3.63) is 88.6 Å². The molecule has 4 aromatic rings. The van der Waals surface area contributed by atoms with E-state index in [-0.39, 0.29) is 29.2 Å². The number of fused-ring (bicyclic) bond motifs is 1. The molecule has 1 atom stereocenters. The zero-order chi connectivity index (χ0) is 42.9. The molecule has 324 valence electrons. The van der Waals surface area contributed by atoms with E-state index in [0.717, 1.165) is 69.4 Å². The van der Waals surface area contributed by atoms with Crippen LogP contribution in [-0.4, -0.2) is 85.6 Å². The molecule has 0 saturated carbocycles. The molecular weight excluding hydrogens is 819 g/mol. The normalized spacial score (nSPS) is 17.0. The average Bonchev–Trinajstić information content (AvgIpc) is 3.60. The van der Waals surface area contributed by atoms with Crippen LogP contribution >= 0.6 is 19.2 Å². The Hall–Kier alpha value is -5.05. The largest absolute Gasteiger partial charge is 0.494 e. The van der Waals surface area contributed by atoms with Gasteiger partial charge in [-0.1, -0.05) is 55.1 Å². The summed E-state index contributed by atoms with van der Waals surface area (Å²) in [4.78, 5) is 49.8. The molecule has 2 fully saturated rings. The van der Waals surface area contributed by atoms with Crippen molar-refractivity contribution in [2.45, 2.75) is 82.8 Å². The van der Waals surface area contributed by atoms with E-state index in [0.29, 0.717) is 58.8 Å². The fourth-order valence-electron chi connectivity index (χ4n) is 8.25. The lowest BCUT2D eigenvalue weighted by molar-refractivity contribution is -0.136. The molecule has 0 spiro atoms. The van der Waals surface area contributed by atoms with Gasteiger partial charge in [0, 0.05) is 63.6 Å². The van der Waals surface area contributed by atoms with E-state index in [9.17, 15) is 18.9 Å². The third kappa shape index (κ3) is 10.5. The van der Waals surface area contributed by atoms with Gasteiger partial charge in [-0.2, -0.15) is 4.98 Å². The molecule has 0 radical (unpaired) electrons. The van der Waals surface area contributed by atoms with Crippen molar-refractivity contribution >= 4 is 71.1 Å². The molecule has 3 aromatic carbocycles. The number of carbonyl (C=O) groups excluding carboxylic acids is 3. The summed E-state index contributed by atoms with van der Waals surface area (Å²) in [6, 6.07) is 18.9. The Kier molecular flexibility index (Phi) is 14.6. The molecule has 0 bridgehead atoms. The summed E-state index contributed by atoms with van der Waals surface area (Å²) in [7, 11) is 0.750. The minimum atomic E-state index is -3.55. The molecule has 2 saturated heterocycles. The minimum absolute atomic E-state index is 0.127. The number of aryl methyl sites for hydroxylation is 1. The highest BCUT2D eigenvalue weighted by Gasteiger charge is 2.39. The number of benzene rings is 3. The van der Waals surface area contributed by atoms with Gasteiger partial charge in [0.1, 0.15) is 16.8 Å². The molecule has 17 heteroatoms. The first kappa shape index (κ1) is 44.0. The Morgan fingerprint density at radius 3 is 2.43 bits per heavy atom. The monoisotopic (exact) mass is 872 g/mol. The fraction of sp³-hybridized carbons (Fsp3) is 0.432. The van der Waals surface area contributed by atoms with Gasteiger partial charge in [0.05, 0.1) is 30.0 Å². The number of methoxy groups -OCH3 is 1. The van der Waals surface area contributed by atoms with Crippen molar-refractivity contribution in [2.24, 2.45) is 0 Å². The number of aromatic nitrogens is 2. The van der Waals surface area contributed by atoms with Gasteiger partial charge in [-0.25, -0.2) is 4.98 Å². The SMILES string of the molecule is COc1cc(N2CCC(NCCCCCCCc3ccc4c(c3)CN(C3CCC(=O)NC3=O)C4=O)CC2)ccc1Nc1ncc(Cl)c(Nc2ccccc2P(=O)(OC)OC)n1. The number of rotatable bonds is 19. The van der Waals surface area contributed by atoms with Crippen LogP contribution in [0.25, 0.3) is 0 Å². The van der Waals surface area contributed by atoms with E-state index in [1.165, 1.54) is 38.8 Å². The molecular formula is C44H54ClN8O7P.